The summed E-state index contributed by atoms with van der Waals surface area (Å²) in [5, 5.41) is 0. The molecule has 1 aromatic heterocycles. The van der Waals surface area contributed by atoms with Crippen LogP contribution in [0.15, 0.2) is 30.5 Å². The van der Waals surface area contributed by atoms with Crippen LogP contribution in [-0.4, -0.2) is 17.1 Å². The second-order valence-corrected chi connectivity index (χ2v) is 4.42. The molecule has 0 amide bonds. The molecule has 4 nitrogen and oxygen atoms in total. The molecule has 0 bridgehead atoms. The first-order chi connectivity index (χ1) is 8.61. The number of rotatable bonds is 3. The summed E-state index contributed by atoms with van der Waals surface area (Å²) in [5.74, 6) is 2.24. The van der Waals surface area contributed by atoms with Gasteiger partial charge >= 0.3 is 0 Å². The highest BCUT2D eigenvalue weighted by atomic mass is 16.5. The van der Waals surface area contributed by atoms with Crippen LogP contribution in [0.5, 0.6) is 5.75 Å². The molecule has 0 saturated heterocycles. The predicted molar refractivity (Wildman–Crippen MR) is 72.5 cm³/mol. The number of nitrogen functional groups attached to an aromatic ring is 1. The molecule has 0 atom stereocenters. The number of hydrogen-bond donors (Lipinski definition) is 1. The topological polar surface area (TPSA) is 61.0 Å². The van der Waals surface area contributed by atoms with E-state index in [0.717, 1.165) is 11.3 Å². The van der Waals surface area contributed by atoms with E-state index in [0.29, 0.717) is 17.6 Å². The number of methoxy groups -OCH3 is 1. The average molecular weight is 243 g/mol. The summed E-state index contributed by atoms with van der Waals surface area (Å²) in [6.45, 7) is 4.29. The Labute approximate surface area is 107 Å². The fourth-order valence-corrected chi connectivity index (χ4v) is 1.76. The van der Waals surface area contributed by atoms with Gasteiger partial charge in [0, 0.05) is 6.20 Å². The fraction of sp³-hybridized carbons (Fsp3) is 0.286. The number of nitrogens with zero attached hydrogens (tertiary/aromatic N) is 2. The number of aromatic nitrogens is 2. The van der Waals surface area contributed by atoms with Crippen molar-refractivity contribution >= 4 is 5.82 Å². The van der Waals surface area contributed by atoms with Crippen LogP contribution in [0.1, 0.15) is 25.3 Å². The zero-order valence-corrected chi connectivity index (χ0v) is 10.8. The Bertz CT molecular complexity index is 552. The first-order valence-corrected chi connectivity index (χ1v) is 5.88. The lowest BCUT2D eigenvalue weighted by atomic mass is 10.00. The normalized spacial score (nSPS) is 10.7. The van der Waals surface area contributed by atoms with Gasteiger partial charge in [-0.1, -0.05) is 19.9 Å². The molecular weight excluding hydrogens is 226 g/mol. The third-order valence-electron chi connectivity index (χ3n) is 2.81. The largest absolute Gasteiger partial charge is 0.496 e. The summed E-state index contributed by atoms with van der Waals surface area (Å²) in [5.41, 5.74) is 7.78. The molecular formula is C14H17N3O. The summed E-state index contributed by atoms with van der Waals surface area (Å²) in [6.07, 6.45) is 1.65. The van der Waals surface area contributed by atoms with Crippen LogP contribution < -0.4 is 10.5 Å². The van der Waals surface area contributed by atoms with E-state index in [1.165, 1.54) is 5.56 Å². The van der Waals surface area contributed by atoms with Gasteiger partial charge in [-0.3, -0.25) is 0 Å². The zero-order chi connectivity index (χ0) is 13.1. The summed E-state index contributed by atoms with van der Waals surface area (Å²) in [6, 6.07) is 7.72. The molecule has 0 aliphatic rings. The van der Waals surface area contributed by atoms with Gasteiger partial charge in [-0.2, -0.15) is 0 Å². The molecule has 18 heavy (non-hydrogen) atoms. The quantitative estimate of drug-likeness (QED) is 0.900. The van der Waals surface area contributed by atoms with E-state index in [1.807, 2.05) is 6.07 Å². The molecule has 1 heterocycles. The SMILES string of the molecule is COc1ccc(C(C)C)cc1-c1nccc(N)n1. The van der Waals surface area contributed by atoms with E-state index in [9.17, 15) is 0 Å². The van der Waals surface area contributed by atoms with Gasteiger partial charge in [-0.05, 0) is 29.7 Å². The third kappa shape index (κ3) is 2.42. The maximum absolute atomic E-state index is 5.69. The molecule has 1 aromatic carbocycles. The van der Waals surface area contributed by atoms with Crippen LogP contribution in [0.2, 0.25) is 0 Å². The van der Waals surface area contributed by atoms with Crippen molar-refractivity contribution in [2.45, 2.75) is 19.8 Å². The minimum absolute atomic E-state index is 0.440. The molecule has 0 aliphatic heterocycles. The van der Waals surface area contributed by atoms with Crippen LogP contribution >= 0.6 is 0 Å². The van der Waals surface area contributed by atoms with Gasteiger partial charge in [0.05, 0.1) is 12.7 Å². The Balaban J connectivity index is 2.56. The molecule has 2 rings (SSSR count). The van der Waals surface area contributed by atoms with Crippen LogP contribution in [0.3, 0.4) is 0 Å². The lowest BCUT2D eigenvalue weighted by Crippen LogP contribution is -1.98. The highest BCUT2D eigenvalue weighted by Gasteiger charge is 2.11. The van der Waals surface area contributed by atoms with Crippen LogP contribution in [0.25, 0.3) is 11.4 Å². The summed E-state index contributed by atoms with van der Waals surface area (Å²) < 4.78 is 5.35. The highest BCUT2D eigenvalue weighted by Crippen LogP contribution is 2.30. The van der Waals surface area contributed by atoms with Gasteiger partial charge in [0.15, 0.2) is 5.82 Å². The Morgan fingerprint density at radius 2 is 2.00 bits per heavy atom. The molecule has 0 fully saturated rings. The van der Waals surface area contributed by atoms with Gasteiger partial charge in [-0.25, -0.2) is 9.97 Å². The minimum Gasteiger partial charge on any atom is -0.496 e. The van der Waals surface area contributed by atoms with Gasteiger partial charge in [-0.15, -0.1) is 0 Å². The third-order valence-corrected chi connectivity index (χ3v) is 2.81. The first-order valence-electron chi connectivity index (χ1n) is 5.88. The van der Waals surface area contributed by atoms with Crippen LogP contribution in [-0.2, 0) is 0 Å². The molecule has 94 valence electrons. The number of anilines is 1. The van der Waals surface area contributed by atoms with Crippen molar-refractivity contribution < 1.29 is 4.74 Å². The van der Waals surface area contributed by atoms with Crippen molar-refractivity contribution in [1.82, 2.24) is 9.97 Å². The van der Waals surface area contributed by atoms with E-state index in [4.69, 9.17) is 10.5 Å². The van der Waals surface area contributed by atoms with Gasteiger partial charge in [0.2, 0.25) is 0 Å². The van der Waals surface area contributed by atoms with Gasteiger partial charge in [0.25, 0.3) is 0 Å². The van der Waals surface area contributed by atoms with Crippen LogP contribution in [0.4, 0.5) is 5.82 Å². The monoisotopic (exact) mass is 243 g/mol. The second kappa shape index (κ2) is 5.04. The molecule has 0 unspecified atom stereocenters. The predicted octanol–water partition coefficient (Wildman–Crippen LogP) is 2.86. The molecule has 0 aliphatic carbocycles. The number of hydrogen-bond acceptors (Lipinski definition) is 4. The smallest absolute Gasteiger partial charge is 0.165 e. The molecule has 2 aromatic rings. The van der Waals surface area contributed by atoms with E-state index in [2.05, 4.69) is 35.9 Å². The highest BCUT2D eigenvalue weighted by molar-refractivity contribution is 5.66. The Morgan fingerprint density at radius 3 is 2.61 bits per heavy atom. The van der Waals surface area contributed by atoms with Crippen LogP contribution in [0, 0.1) is 0 Å². The van der Waals surface area contributed by atoms with Crippen molar-refractivity contribution in [2.75, 3.05) is 12.8 Å². The Hall–Kier alpha value is -2.10. The molecule has 0 spiro atoms. The second-order valence-electron chi connectivity index (χ2n) is 4.42. The van der Waals surface area contributed by atoms with E-state index >= 15 is 0 Å². The molecule has 0 saturated carbocycles. The van der Waals surface area contributed by atoms with Gasteiger partial charge < -0.3 is 10.5 Å². The van der Waals surface area contributed by atoms with Crippen molar-refractivity contribution in [3.8, 4) is 17.1 Å². The molecule has 4 heteroatoms. The maximum Gasteiger partial charge on any atom is 0.165 e. The van der Waals surface area contributed by atoms with Crippen molar-refractivity contribution in [3.63, 3.8) is 0 Å². The summed E-state index contributed by atoms with van der Waals surface area (Å²) in [7, 11) is 1.64. The Morgan fingerprint density at radius 1 is 1.22 bits per heavy atom. The standard InChI is InChI=1S/C14H17N3O/c1-9(2)10-4-5-12(18-3)11(8-10)14-16-7-6-13(15)17-14/h4-9H,1-3H3,(H2,15,16,17). The first kappa shape index (κ1) is 12.4. The number of benzene rings is 1. The average Bonchev–Trinajstić information content (AvgIpc) is 2.38. The zero-order valence-electron chi connectivity index (χ0n) is 10.8. The van der Waals surface area contributed by atoms with E-state index < -0.39 is 0 Å². The van der Waals surface area contributed by atoms with E-state index in [1.54, 1.807) is 19.4 Å². The number of ether oxygens (including phenoxy) is 1. The van der Waals surface area contributed by atoms with Crippen molar-refractivity contribution in [2.24, 2.45) is 0 Å². The minimum atomic E-state index is 0.440. The summed E-state index contributed by atoms with van der Waals surface area (Å²) in [4.78, 5) is 8.49. The van der Waals surface area contributed by atoms with Crippen molar-refractivity contribution in [1.29, 1.82) is 0 Å². The fourth-order valence-electron chi connectivity index (χ4n) is 1.76. The summed E-state index contributed by atoms with van der Waals surface area (Å²) >= 11 is 0. The van der Waals surface area contributed by atoms with Crippen molar-refractivity contribution in [3.05, 3.63) is 36.0 Å². The molecule has 2 N–H and O–H groups in total. The lowest BCUT2D eigenvalue weighted by Gasteiger charge is -2.12. The Kier molecular flexibility index (Phi) is 3.46. The maximum atomic E-state index is 5.69. The van der Waals surface area contributed by atoms with Gasteiger partial charge in [0.1, 0.15) is 11.6 Å². The lowest BCUT2D eigenvalue weighted by molar-refractivity contribution is 0.416. The number of nitrogens with two attached hydrogens (primary N) is 1. The van der Waals surface area contributed by atoms with E-state index in [-0.39, 0.29) is 0 Å². The molecule has 0 radical (unpaired) electrons.